The monoisotopic (exact) mass is 245 g/mol. The van der Waals surface area contributed by atoms with Crippen molar-refractivity contribution >= 4 is 17.5 Å². The molecular formula is C13H11NO4. The van der Waals surface area contributed by atoms with Crippen molar-refractivity contribution < 1.29 is 19.5 Å². The van der Waals surface area contributed by atoms with Crippen LogP contribution in [0.5, 0.6) is 0 Å². The highest BCUT2D eigenvalue weighted by molar-refractivity contribution is 6.36. The SMILES string of the molecule is O=C1CC(=O)C12N[C@@]2(Cc1ccccc1)C(=O)O. The Labute approximate surface area is 103 Å². The lowest BCUT2D eigenvalue weighted by Crippen LogP contribution is -2.55. The van der Waals surface area contributed by atoms with Gasteiger partial charge in [-0.3, -0.25) is 19.7 Å². The maximum atomic E-state index is 11.6. The van der Waals surface area contributed by atoms with E-state index in [0.29, 0.717) is 0 Å². The van der Waals surface area contributed by atoms with E-state index in [1.807, 2.05) is 6.07 Å². The molecule has 1 aromatic rings. The Morgan fingerprint density at radius 2 is 1.83 bits per heavy atom. The Morgan fingerprint density at radius 1 is 1.22 bits per heavy atom. The van der Waals surface area contributed by atoms with Gasteiger partial charge in [-0.2, -0.15) is 0 Å². The van der Waals surface area contributed by atoms with Crippen LogP contribution < -0.4 is 5.32 Å². The van der Waals surface area contributed by atoms with E-state index < -0.39 is 17.0 Å². The number of rotatable bonds is 3. The highest BCUT2D eigenvalue weighted by Gasteiger charge is 2.83. The van der Waals surface area contributed by atoms with Crippen molar-refractivity contribution in [3.8, 4) is 0 Å². The first-order valence-electron chi connectivity index (χ1n) is 5.66. The molecule has 3 rings (SSSR count). The number of carbonyl (C=O) groups excluding carboxylic acids is 2. The Hall–Kier alpha value is -2.01. The van der Waals surface area contributed by atoms with E-state index in [-0.39, 0.29) is 24.4 Å². The van der Waals surface area contributed by atoms with Gasteiger partial charge >= 0.3 is 5.97 Å². The second kappa shape index (κ2) is 3.26. The predicted octanol–water partition coefficient (Wildman–Crippen LogP) is -0.0636. The van der Waals surface area contributed by atoms with Crippen molar-refractivity contribution in [1.29, 1.82) is 0 Å². The molecule has 1 spiro atoms. The van der Waals surface area contributed by atoms with Crippen LogP contribution >= 0.6 is 0 Å². The molecule has 2 aliphatic rings. The third-order valence-electron chi connectivity index (χ3n) is 3.81. The number of carbonyl (C=O) groups is 3. The van der Waals surface area contributed by atoms with Gasteiger partial charge in [-0.05, 0) is 5.56 Å². The van der Waals surface area contributed by atoms with Gasteiger partial charge in [0.25, 0.3) is 0 Å². The van der Waals surface area contributed by atoms with Crippen LogP contribution in [0.1, 0.15) is 12.0 Å². The average Bonchev–Trinajstić information content (AvgIpc) is 3.05. The molecule has 2 fully saturated rings. The van der Waals surface area contributed by atoms with Crippen LogP contribution in [0, 0.1) is 0 Å². The largest absolute Gasteiger partial charge is 0.480 e. The lowest BCUT2D eigenvalue weighted by atomic mass is 9.71. The van der Waals surface area contributed by atoms with Crippen LogP contribution in [0.2, 0.25) is 0 Å². The number of aliphatic carboxylic acids is 1. The summed E-state index contributed by atoms with van der Waals surface area (Å²) in [6.07, 6.45) is -0.0164. The first-order valence-corrected chi connectivity index (χ1v) is 5.66. The third-order valence-corrected chi connectivity index (χ3v) is 3.81. The molecule has 1 atom stereocenters. The number of ketones is 2. The van der Waals surface area contributed by atoms with Gasteiger partial charge in [0.1, 0.15) is 0 Å². The fraction of sp³-hybridized carbons (Fsp3) is 0.308. The van der Waals surface area contributed by atoms with Gasteiger partial charge in [-0.15, -0.1) is 0 Å². The number of nitrogens with one attached hydrogen (secondary N) is 1. The Kier molecular flexibility index (Phi) is 2.01. The van der Waals surface area contributed by atoms with Crippen molar-refractivity contribution in [2.24, 2.45) is 0 Å². The highest BCUT2D eigenvalue weighted by atomic mass is 16.4. The number of hydrogen-bond donors (Lipinski definition) is 2. The number of carboxylic acid groups (broad SMARTS) is 1. The summed E-state index contributed by atoms with van der Waals surface area (Å²) >= 11 is 0. The maximum Gasteiger partial charge on any atom is 0.327 e. The van der Waals surface area contributed by atoms with Gasteiger partial charge in [-0.1, -0.05) is 30.3 Å². The normalized spacial score (nSPS) is 28.0. The fourth-order valence-electron chi connectivity index (χ4n) is 2.73. The molecule has 0 bridgehead atoms. The number of benzene rings is 1. The predicted molar refractivity (Wildman–Crippen MR) is 61.0 cm³/mol. The molecule has 0 radical (unpaired) electrons. The Bertz CT molecular complexity index is 552. The molecule has 1 saturated carbocycles. The summed E-state index contributed by atoms with van der Waals surface area (Å²) in [7, 11) is 0. The van der Waals surface area contributed by atoms with E-state index in [4.69, 9.17) is 0 Å². The molecule has 1 aliphatic carbocycles. The molecule has 0 unspecified atom stereocenters. The lowest BCUT2D eigenvalue weighted by molar-refractivity contribution is -0.148. The summed E-state index contributed by atoms with van der Waals surface area (Å²) in [5.74, 6) is -1.77. The van der Waals surface area contributed by atoms with Crippen molar-refractivity contribution in [2.75, 3.05) is 0 Å². The minimum Gasteiger partial charge on any atom is -0.480 e. The van der Waals surface area contributed by atoms with Crippen LogP contribution in [0.4, 0.5) is 0 Å². The van der Waals surface area contributed by atoms with Gasteiger partial charge in [0.2, 0.25) is 0 Å². The molecule has 0 aromatic heterocycles. The van der Waals surface area contributed by atoms with Crippen molar-refractivity contribution in [3.05, 3.63) is 35.9 Å². The Balaban J connectivity index is 1.95. The number of carboxylic acids is 1. The van der Waals surface area contributed by atoms with Crippen molar-refractivity contribution in [3.63, 3.8) is 0 Å². The van der Waals surface area contributed by atoms with E-state index in [9.17, 15) is 19.5 Å². The summed E-state index contributed by atoms with van der Waals surface area (Å²) in [5, 5.41) is 12.0. The molecule has 0 amide bonds. The molecule has 1 heterocycles. The molecule has 5 nitrogen and oxygen atoms in total. The van der Waals surface area contributed by atoms with Crippen LogP contribution in [0.25, 0.3) is 0 Å². The van der Waals surface area contributed by atoms with E-state index in [1.54, 1.807) is 24.3 Å². The first-order chi connectivity index (χ1) is 8.53. The molecule has 1 saturated heterocycles. The topological polar surface area (TPSA) is 93.4 Å². The van der Waals surface area contributed by atoms with Crippen LogP contribution in [-0.2, 0) is 20.8 Å². The van der Waals surface area contributed by atoms with Gasteiger partial charge in [0.05, 0.1) is 6.42 Å². The van der Waals surface area contributed by atoms with Crippen LogP contribution in [-0.4, -0.2) is 33.7 Å². The summed E-state index contributed by atoms with van der Waals surface area (Å²) in [4.78, 5) is 34.6. The van der Waals surface area contributed by atoms with Gasteiger partial charge in [0.15, 0.2) is 22.6 Å². The minimum atomic E-state index is -1.45. The highest BCUT2D eigenvalue weighted by Crippen LogP contribution is 2.49. The average molecular weight is 245 g/mol. The zero-order chi connectivity index (χ0) is 13.0. The molecule has 18 heavy (non-hydrogen) atoms. The van der Waals surface area contributed by atoms with E-state index >= 15 is 0 Å². The number of Topliss-reactive ketones (excluding diaryl/α,β-unsaturated/α-hetero) is 2. The van der Waals surface area contributed by atoms with E-state index in [1.165, 1.54) is 0 Å². The Morgan fingerprint density at radius 3 is 2.28 bits per heavy atom. The fourth-order valence-corrected chi connectivity index (χ4v) is 2.73. The summed E-state index contributed by atoms with van der Waals surface area (Å²) in [6, 6.07) is 8.99. The molecule has 2 N–H and O–H groups in total. The molecule has 5 heteroatoms. The zero-order valence-corrected chi connectivity index (χ0v) is 9.47. The van der Waals surface area contributed by atoms with Crippen molar-refractivity contribution in [1.82, 2.24) is 5.32 Å². The second-order valence-electron chi connectivity index (χ2n) is 4.77. The quantitative estimate of drug-likeness (QED) is 0.574. The molecular weight excluding hydrogens is 234 g/mol. The van der Waals surface area contributed by atoms with Gasteiger partial charge in [0, 0.05) is 6.42 Å². The maximum absolute atomic E-state index is 11.6. The first kappa shape index (κ1) is 11.1. The van der Waals surface area contributed by atoms with Crippen LogP contribution in [0.3, 0.4) is 0 Å². The molecule has 1 aromatic carbocycles. The van der Waals surface area contributed by atoms with E-state index in [0.717, 1.165) is 5.56 Å². The van der Waals surface area contributed by atoms with E-state index in [2.05, 4.69) is 5.32 Å². The minimum absolute atomic E-state index is 0.140. The summed E-state index contributed by atoms with van der Waals surface area (Å²) in [6.45, 7) is 0. The number of hydrogen-bond acceptors (Lipinski definition) is 4. The lowest BCUT2D eigenvalue weighted by Gasteiger charge is -2.24. The van der Waals surface area contributed by atoms with Crippen molar-refractivity contribution in [2.45, 2.75) is 23.9 Å². The molecule has 1 aliphatic heterocycles. The van der Waals surface area contributed by atoms with Gasteiger partial charge in [-0.25, -0.2) is 0 Å². The standard InChI is InChI=1S/C13H11NO4/c15-9-6-10(16)13(9)12(14-13,11(17)18)7-8-4-2-1-3-5-8/h1-5,14H,6-7H2,(H,17,18)/t12-/m0/s1. The zero-order valence-electron chi connectivity index (χ0n) is 9.47. The third kappa shape index (κ3) is 1.12. The van der Waals surface area contributed by atoms with Crippen LogP contribution in [0.15, 0.2) is 30.3 Å². The van der Waals surface area contributed by atoms with Gasteiger partial charge < -0.3 is 5.11 Å². The molecule has 92 valence electrons. The summed E-state index contributed by atoms with van der Waals surface area (Å²) < 4.78 is 0. The second-order valence-corrected chi connectivity index (χ2v) is 4.77. The summed E-state index contributed by atoms with van der Waals surface area (Å²) in [5.41, 5.74) is -2.10. The smallest absolute Gasteiger partial charge is 0.327 e.